The van der Waals surface area contributed by atoms with Crippen LogP contribution in [0.2, 0.25) is 0 Å². The lowest BCUT2D eigenvalue weighted by atomic mass is 10.2. The second-order valence-electron chi connectivity index (χ2n) is 6.62. The highest BCUT2D eigenvalue weighted by Gasteiger charge is 2.38. The van der Waals surface area contributed by atoms with Gasteiger partial charge in [-0.1, -0.05) is 24.3 Å². The van der Waals surface area contributed by atoms with Gasteiger partial charge in [0.1, 0.15) is 6.54 Å². The van der Waals surface area contributed by atoms with Gasteiger partial charge in [0.05, 0.1) is 12.0 Å². The maximum atomic E-state index is 12.7. The second-order valence-corrected chi connectivity index (χ2v) is 7.62. The van der Waals surface area contributed by atoms with Gasteiger partial charge in [-0.2, -0.15) is 0 Å². The summed E-state index contributed by atoms with van der Waals surface area (Å²) in [4.78, 5) is 40.6. The summed E-state index contributed by atoms with van der Waals surface area (Å²) in [5.41, 5.74) is 2.51. The number of methoxy groups -OCH3 is 1. The van der Waals surface area contributed by atoms with Crippen LogP contribution in [0, 0.1) is 0 Å². The average molecular weight is 410 g/mol. The number of imide groups is 1. The van der Waals surface area contributed by atoms with Crippen LogP contribution in [0.25, 0.3) is 6.08 Å². The molecule has 148 valence electrons. The number of hydrogen-bond donors (Lipinski definition) is 1. The number of rotatable bonds is 4. The van der Waals surface area contributed by atoms with Gasteiger partial charge < -0.3 is 14.7 Å². The van der Waals surface area contributed by atoms with Crippen molar-refractivity contribution in [2.45, 2.75) is 6.42 Å². The van der Waals surface area contributed by atoms with Gasteiger partial charge in [-0.3, -0.25) is 19.3 Å². The van der Waals surface area contributed by atoms with Gasteiger partial charge in [0.25, 0.3) is 11.1 Å². The maximum Gasteiger partial charge on any atom is 0.294 e. The molecule has 2 aromatic carbocycles. The van der Waals surface area contributed by atoms with E-state index >= 15 is 0 Å². The monoisotopic (exact) mass is 410 g/mol. The van der Waals surface area contributed by atoms with Crippen molar-refractivity contribution in [2.75, 3.05) is 25.1 Å². The topological polar surface area (TPSA) is 87.2 Å². The molecule has 0 saturated carbocycles. The van der Waals surface area contributed by atoms with E-state index in [9.17, 15) is 19.5 Å². The fraction of sp³-hybridized carbons (Fsp3) is 0.190. The molecular formula is C21H18N2O5S. The van der Waals surface area contributed by atoms with E-state index in [1.807, 2.05) is 24.3 Å². The minimum atomic E-state index is -0.507. The number of para-hydroxylation sites is 1. The van der Waals surface area contributed by atoms with Crippen molar-refractivity contribution < 1.29 is 24.2 Å². The van der Waals surface area contributed by atoms with Crippen molar-refractivity contribution >= 4 is 40.6 Å². The Morgan fingerprint density at radius 1 is 1.24 bits per heavy atom. The first-order chi connectivity index (χ1) is 14.0. The van der Waals surface area contributed by atoms with Gasteiger partial charge >= 0.3 is 0 Å². The molecule has 0 radical (unpaired) electrons. The molecule has 2 aliphatic heterocycles. The first kappa shape index (κ1) is 19.1. The van der Waals surface area contributed by atoms with Crippen LogP contribution in [0.1, 0.15) is 11.1 Å². The van der Waals surface area contributed by atoms with Crippen molar-refractivity contribution in [1.29, 1.82) is 0 Å². The molecule has 2 aliphatic rings. The smallest absolute Gasteiger partial charge is 0.294 e. The number of aromatic hydroxyl groups is 1. The third-order valence-corrected chi connectivity index (χ3v) is 5.76. The molecule has 0 aromatic heterocycles. The van der Waals surface area contributed by atoms with Gasteiger partial charge in [-0.25, -0.2) is 0 Å². The summed E-state index contributed by atoms with van der Waals surface area (Å²) in [5.74, 6) is -0.548. The number of ether oxygens (including phenoxy) is 1. The Morgan fingerprint density at radius 3 is 2.83 bits per heavy atom. The van der Waals surface area contributed by atoms with Crippen molar-refractivity contribution in [3.05, 3.63) is 58.5 Å². The normalized spacial score (nSPS) is 17.2. The average Bonchev–Trinajstić information content (AvgIpc) is 3.26. The summed E-state index contributed by atoms with van der Waals surface area (Å²) in [7, 11) is 1.43. The first-order valence-electron chi connectivity index (χ1n) is 8.98. The predicted molar refractivity (Wildman–Crippen MR) is 110 cm³/mol. The number of phenolic OH excluding ortho intramolecular Hbond substituents is 1. The van der Waals surface area contributed by atoms with Crippen LogP contribution in [0.4, 0.5) is 10.5 Å². The highest BCUT2D eigenvalue weighted by atomic mass is 32.2. The van der Waals surface area contributed by atoms with Crippen LogP contribution < -0.4 is 9.64 Å². The Kier molecular flexibility index (Phi) is 5.02. The molecule has 0 bridgehead atoms. The van der Waals surface area contributed by atoms with E-state index in [-0.39, 0.29) is 28.9 Å². The van der Waals surface area contributed by atoms with E-state index in [0.717, 1.165) is 34.3 Å². The summed E-state index contributed by atoms with van der Waals surface area (Å²) in [6.45, 7) is 0.243. The molecule has 4 rings (SSSR count). The van der Waals surface area contributed by atoms with Crippen LogP contribution in [0.5, 0.6) is 11.5 Å². The zero-order valence-corrected chi connectivity index (χ0v) is 16.4. The van der Waals surface area contributed by atoms with E-state index in [1.165, 1.54) is 13.2 Å². The lowest BCUT2D eigenvalue weighted by Crippen LogP contribution is -2.41. The number of hydrogen-bond acceptors (Lipinski definition) is 6. The van der Waals surface area contributed by atoms with Crippen molar-refractivity contribution in [2.24, 2.45) is 0 Å². The molecule has 0 spiro atoms. The number of fused-ring (bicyclic) bond motifs is 1. The molecule has 1 fully saturated rings. The number of benzene rings is 2. The Bertz CT molecular complexity index is 1050. The molecule has 0 atom stereocenters. The summed E-state index contributed by atoms with van der Waals surface area (Å²) >= 11 is 0.789. The molecule has 29 heavy (non-hydrogen) atoms. The molecule has 1 N–H and O–H groups in total. The molecule has 0 aliphatic carbocycles. The molecule has 1 saturated heterocycles. The summed E-state index contributed by atoms with van der Waals surface area (Å²) in [6, 6.07) is 12.2. The quantitative estimate of drug-likeness (QED) is 0.780. The number of carbonyl (C=O) groups is 3. The van der Waals surface area contributed by atoms with Gasteiger partial charge in [-0.15, -0.1) is 0 Å². The lowest BCUT2D eigenvalue weighted by molar-refractivity contribution is -0.128. The van der Waals surface area contributed by atoms with Gasteiger partial charge in [0, 0.05) is 12.2 Å². The van der Waals surface area contributed by atoms with Crippen molar-refractivity contribution in [1.82, 2.24) is 4.90 Å². The Morgan fingerprint density at radius 2 is 2.03 bits per heavy atom. The minimum absolute atomic E-state index is 0.0192. The van der Waals surface area contributed by atoms with E-state index < -0.39 is 11.1 Å². The number of anilines is 1. The van der Waals surface area contributed by atoms with Gasteiger partial charge in [0.2, 0.25) is 5.91 Å². The van der Waals surface area contributed by atoms with E-state index in [1.54, 1.807) is 23.1 Å². The minimum Gasteiger partial charge on any atom is -0.504 e. The van der Waals surface area contributed by atoms with Crippen molar-refractivity contribution in [3.8, 4) is 11.5 Å². The second kappa shape index (κ2) is 7.63. The molecule has 2 heterocycles. The van der Waals surface area contributed by atoms with Crippen LogP contribution in [0.15, 0.2) is 47.4 Å². The fourth-order valence-electron chi connectivity index (χ4n) is 3.39. The van der Waals surface area contributed by atoms with Crippen LogP contribution >= 0.6 is 11.8 Å². The Labute approximate surface area is 171 Å². The molecule has 8 heteroatoms. The zero-order chi connectivity index (χ0) is 20.5. The van der Waals surface area contributed by atoms with Gasteiger partial charge in [0.15, 0.2) is 11.5 Å². The number of carbonyl (C=O) groups excluding carboxylic acids is 3. The van der Waals surface area contributed by atoms with E-state index in [4.69, 9.17) is 4.74 Å². The number of amides is 3. The van der Waals surface area contributed by atoms with Crippen molar-refractivity contribution in [3.63, 3.8) is 0 Å². The highest BCUT2D eigenvalue weighted by Crippen LogP contribution is 2.35. The lowest BCUT2D eigenvalue weighted by Gasteiger charge is -2.20. The van der Waals surface area contributed by atoms with Gasteiger partial charge in [-0.05, 0) is 53.6 Å². The largest absolute Gasteiger partial charge is 0.504 e. The summed E-state index contributed by atoms with van der Waals surface area (Å²) in [5, 5.41) is 9.20. The molecule has 3 amide bonds. The molecule has 0 unspecified atom stereocenters. The Hall–Kier alpha value is -3.26. The highest BCUT2D eigenvalue weighted by molar-refractivity contribution is 8.18. The van der Waals surface area contributed by atoms with Crippen LogP contribution in [-0.4, -0.2) is 47.3 Å². The maximum absolute atomic E-state index is 12.7. The van der Waals surface area contributed by atoms with E-state index in [0.29, 0.717) is 12.1 Å². The Balaban J connectivity index is 1.51. The van der Waals surface area contributed by atoms with Crippen LogP contribution in [-0.2, 0) is 16.0 Å². The van der Waals surface area contributed by atoms with E-state index in [2.05, 4.69) is 0 Å². The standard InChI is InChI=1S/C21H18N2O5S/c1-28-17-10-13(6-7-16(17)24)11-18-20(26)23(21(27)29-18)12-19(25)22-9-8-14-4-2-3-5-15(14)22/h2-7,10-11,24H,8-9,12H2,1H3/b18-11-. The number of phenols is 1. The number of thioether (sulfide) groups is 1. The summed E-state index contributed by atoms with van der Waals surface area (Å²) in [6.07, 6.45) is 2.30. The molecular weight excluding hydrogens is 392 g/mol. The third kappa shape index (κ3) is 3.58. The zero-order valence-electron chi connectivity index (χ0n) is 15.6. The number of nitrogens with zero attached hydrogens (tertiary/aromatic N) is 2. The fourth-order valence-corrected chi connectivity index (χ4v) is 4.23. The predicted octanol–water partition coefficient (Wildman–Crippen LogP) is 3.03. The summed E-state index contributed by atoms with van der Waals surface area (Å²) < 4.78 is 5.06. The molecule has 7 nitrogen and oxygen atoms in total. The first-order valence-corrected chi connectivity index (χ1v) is 9.80. The third-order valence-electron chi connectivity index (χ3n) is 4.86. The van der Waals surface area contributed by atoms with Crippen LogP contribution in [0.3, 0.4) is 0 Å². The molecule has 2 aromatic rings. The SMILES string of the molecule is COc1cc(/C=C2\SC(=O)N(CC(=O)N3CCc4ccccc43)C2=O)ccc1O.